The Kier molecular flexibility index (Phi) is 5.93. The summed E-state index contributed by atoms with van der Waals surface area (Å²) in [4.78, 5) is 16.3. The number of rotatable bonds is 1. The van der Waals surface area contributed by atoms with Gasteiger partial charge in [0.05, 0.1) is 0 Å². The van der Waals surface area contributed by atoms with Gasteiger partial charge in [-0.15, -0.1) is 0 Å². The van der Waals surface area contributed by atoms with Gasteiger partial charge in [-0.05, 0) is 46.7 Å². The number of amides is 1. The predicted molar refractivity (Wildman–Crippen MR) is 73.8 cm³/mol. The topological polar surface area (TPSA) is 32.8 Å². The Balaban J connectivity index is 2.53. The van der Waals surface area contributed by atoms with Crippen LogP contribution in [0.2, 0.25) is 0 Å². The molecule has 1 amide bonds. The van der Waals surface area contributed by atoms with Crippen molar-refractivity contribution < 1.29 is 9.53 Å². The fraction of sp³-hybridized carbons (Fsp3) is 0.929. The van der Waals surface area contributed by atoms with Gasteiger partial charge in [0.25, 0.3) is 0 Å². The van der Waals surface area contributed by atoms with Gasteiger partial charge >= 0.3 is 6.09 Å². The van der Waals surface area contributed by atoms with Gasteiger partial charge in [0, 0.05) is 19.6 Å². The number of carbonyl (C=O) groups is 1. The van der Waals surface area contributed by atoms with E-state index in [1.54, 1.807) is 0 Å². The Morgan fingerprint density at radius 2 is 1.72 bits per heavy atom. The Hall–Kier alpha value is -0.770. The highest BCUT2D eigenvalue weighted by molar-refractivity contribution is 5.68. The van der Waals surface area contributed by atoms with Crippen LogP contribution in [0.3, 0.4) is 0 Å². The maximum Gasteiger partial charge on any atom is 0.410 e. The lowest BCUT2D eigenvalue weighted by molar-refractivity contribution is 0.0237. The fourth-order valence-corrected chi connectivity index (χ4v) is 2.13. The van der Waals surface area contributed by atoms with Gasteiger partial charge in [-0.25, -0.2) is 4.79 Å². The average molecular weight is 256 g/mol. The largest absolute Gasteiger partial charge is 0.444 e. The molecule has 0 N–H and O–H groups in total. The van der Waals surface area contributed by atoms with E-state index in [0.29, 0.717) is 0 Å². The molecule has 0 aromatic rings. The quantitative estimate of drug-likeness (QED) is 0.723. The molecule has 0 atom stereocenters. The van der Waals surface area contributed by atoms with Crippen LogP contribution in [0.15, 0.2) is 0 Å². The number of carbonyl (C=O) groups excluding carboxylic acids is 1. The summed E-state index contributed by atoms with van der Waals surface area (Å²) < 4.78 is 5.45. The Bertz CT molecular complexity index is 261. The number of nitrogens with zero attached hydrogens (tertiary/aromatic N) is 2. The molecule has 1 aliphatic heterocycles. The summed E-state index contributed by atoms with van der Waals surface area (Å²) in [6.07, 6.45) is 3.34. The minimum absolute atomic E-state index is 0.166. The third-order valence-corrected chi connectivity index (χ3v) is 3.19. The molecule has 1 aliphatic rings. The molecule has 1 heterocycles. The summed E-state index contributed by atoms with van der Waals surface area (Å²) in [5.74, 6) is 0. The van der Waals surface area contributed by atoms with Gasteiger partial charge in [-0.2, -0.15) is 0 Å². The molecular weight excluding hydrogens is 228 g/mol. The van der Waals surface area contributed by atoms with Crippen LogP contribution >= 0.6 is 0 Å². The standard InChI is InChI=1S/C14H28N2O2/c1-5-15-9-7-6-8-10-16(12-11-15)13(17)18-14(2,3)4/h5-12H2,1-4H3. The zero-order chi connectivity index (χ0) is 13.6. The highest BCUT2D eigenvalue weighted by Gasteiger charge is 2.22. The number of hydrogen-bond donors (Lipinski definition) is 0. The maximum absolute atomic E-state index is 12.1. The minimum Gasteiger partial charge on any atom is -0.444 e. The Morgan fingerprint density at radius 1 is 1.06 bits per heavy atom. The van der Waals surface area contributed by atoms with Crippen molar-refractivity contribution in [3.63, 3.8) is 0 Å². The molecule has 4 heteroatoms. The molecular formula is C14H28N2O2. The van der Waals surface area contributed by atoms with E-state index in [0.717, 1.165) is 39.1 Å². The third-order valence-electron chi connectivity index (χ3n) is 3.19. The summed E-state index contributed by atoms with van der Waals surface area (Å²) in [5, 5.41) is 0. The van der Waals surface area contributed by atoms with Crippen LogP contribution in [-0.4, -0.2) is 54.2 Å². The fourth-order valence-electron chi connectivity index (χ4n) is 2.13. The second-order valence-corrected chi connectivity index (χ2v) is 5.96. The van der Waals surface area contributed by atoms with Crippen molar-refractivity contribution in [2.45, 2.75) is 52.6 Å². The molecule has 0 spiro atoms. The minimum atomic E-state index is -0.403. The second kappa shape index (κ2) is 6.98. The Labute approximate surface area is 111 Å². The van der Waals surface area contributed by atoms with Crippen molar-refractivity contribution in [1.82, 2.24) is 9.80 Å². The first-order valence-electron chi connectivity index (χ1n) is 7.12. The van der Waals surface area contributed by atoms with Crippen LogP contribution in [0, 0.1) is 0 Å². The van der Waals surface area contributed by atoms with E-state index < -0.39 is 5.60 Å². The smallest absolute Gasteiger partial charge is 0.410 e. The van der Waals surface area contributed by atoms with Crippen molar-refractivity contribution in [3.8, 4) is 0 Å². The second-order valence-electron chi connectivity index (χ2n) is 5.96. The zero-order valence-electron chi connectivity index (χ0n) is 12.4. The van der Waals surface area contributed by atoms with Gasteiger partial charge in [-0.1, -0.05) is 13.3 Å². The highest BCUT2D eigenvalue weighted by atomic mass is 16.6. The highest BCUT2D eigenvalue weighted by Crippen LogP contribution is 2.12. The first kappa shape index (κ1) is 15.3. The van der Waals surface area contributed by atoms with E-state index >= 15 is 0 Å². The lowest BCUT2D eigenvalue weighted by Gasteiger charge is -2.28. The average Bonchev–Trinajstić information content (AvgIpc) is 2.37. The molecule has 0 bridgehead atoms. The van der Waals surface area contributed by atoms with Crippen LogP contribution in [-0.2, 0) is 4.74 Å². The van der Waals surface area contributed by atoms with E-state index in [-0.39, 0.29) is 6.09 Å². The van der Waals surface area contributed by atoms with Gasteiger partial charge in [0.15, 0.2) is 0 Å². The van der Waals surface area contributed by atoms with Gasteiger partial charge in [0.2, 0.25) is 0 Å². The molecule has 1 rings (SSSR count). The molecule has 106 valence electrons. The summed E-state index contributed by atoms with van der Waals surface area (Å²) in [7, 11) is 0. The summed E-state index contributed by atoms with van der Waals surface area (Å²) in [6, 6.07) is 0. The molecule has 18 heavy (non-hydrogen) atoms. The molecule has 0 aromatic heterocycles. The molecule has 0 saturated carbocycles. The predicted octanol–water partition coefficient (Wildman–Crippen LogP) is 2.73. The number of likely N-dealkylation sites (N-methyl/N-ethyl adjacent to an activating group) is 1. The van der Waals surface area contributed by atoms with Crippen molar-refractivity contribution in [2.75, 3.05) is 32.7 Å². The Morgan fingerprint density at radius 3 is 2.33 bits per heavy atom. The molecule has 4 nitrogen and oxygen atoms in total. The van der Waals surface area contributed by atoms with Crippen LogP contribution in [0.25, 0.3) is 0 Å². The van der Waals surface area contributed by atoms with E-state index in [1.807, 2.05) is 25.7 Å². The van der Waals surface area contributed by atoms with Crippen LogP contribution in [0.5, 0.6) is 0 Å². The van der Waals surface area contributed by atoms with Crippen LogP contribution in [0.1, 0.15) is 47.0 Å². The number of ether oxygens (including phenoxy) is 1. The third kappa shape index (κ3) is 5.71. The van der Waals surface area contributed by atoms with Crippen LogP contribution < -0.4 is 0 Å². The van der Waals surface area contributed by atoms with Gasteiger partial charge in [0.1, 0.15) is 5.60 Å². The SMILES string of the molecule is CCN1CCCCCN(C(=O)OC(C)(C)C)CC1. The van der Waals surface area contributed by atoms with E-state index in [1.165, 1.54) is 12.8 Å². The molecule has 0 aromatic carbocycles. The molecule has 0 unspecified atom stereocenters. The van der Waals surface area contributed by atoms with Gasteiger partial charge in [-0.3, -0.25) is 0 Å². The first-order valence-corrected chi connectivity index (χ1v) is 7.12. The first-order chi connectivity index (χ1) is 8.42. The van der Waals surface area contributed by atoms with E-state index in [9.17, 15) is 4.79 Å². The number of hydrogen-bond acceptors (Lipinski definition) is 3. The van der Waals surface area contributed by atoms with E-state index in [4.69, 9.17) is 4.74 Å². The zero-order valence-corrected chi connectivity index (χ0v) is 12.4. The molecule has 0 aliphatic carbocycles. The monoisotopic (exact) mass is 256 g/mol. The van der Waals surface area contributed by atoms with Crippen molar-refractivity contribution in [1.29, 1.82) is 0 Å². The normalized spacial score (nSPS) is 19.9. The van der Waals surface area contributed by atoms with Crippen LogP contribution in [0.4, 0.5) is 4.79 Å². The maximum atomic E-state index is 12.1. The molecule has 0 radical (unpaired) electrons. The lowest BCUT2D eigenvalue weighted by Crippen LogP contribution is -2.41. The van der Waals surface area contributed by atoms with Gasteiger partial charge < -0.3 is 14.5 Å². The summed E-state index contributed by atoms with van der Waals surface area (Å²) in [5.41, 5.74) is -0.403. The van der Waals surface area contributed by atoms with E-state index in [2.05, 4.69) is 11.8 Å². The van der Waals surface area contributed by atoms with Crippen molar-refractivity contribution in [2.24, 2.45) is 0 Å². The molecule has 1 fully saturated rings. The molecule has 1 saturated heterocycles. The van der Waals surface area contributed by atoms with Crippen molar-refractivity contribution in [3.05, 3.63) is 0 Å². The summed E-state index contributed by atoms with van der Waals surface area (Å²) >= 11 is 0. The van der Waals surface area contributed by atoms with Crippen molar-refractivity contribution >= 4 is 6.09 Å². The summed E-state index contributed by atoms with van der Waals surface area (Å²) in [6.45, 7) is 12.7. The lowest BCUT2D eigenvalue weighted by atomic mass is 10.2.